The van der Waals surface area contributed by atoms with E-state index in [2.05, 4.69) is 35.5 Å². The van der Waals surface area contributed by atoms with E-state index in [1.165, 1.54) is 24.2 Å². The fraction of sp³-hybridized carbons (Fsp3) is 0.136. The van der Waals surface area contributed by atoms with Gasteiger partial charge in [-0.05, 0) is 62.2 Å². The first kappa shape index (κ1) is 18.3. The predicted octanol–water partition coefficient (Wildman–Crippen LogP) is 4.90. The van der Waals surface area contributed by atoms with E-state index in [9.17, 15) is 9.59 Å². The molecule has 0 spiro atoms. The lowest BCUT2D eigenvalue weighted by Crippen LogP contribution is -2.13. The van der Waals surface area contributed by atoms with Crippen LogP contribution in [0, 0.1) is 13.8 Å². The van der Waals surface area contributed by atoms with Crippen LogP contribution in [0.25, 0.3) is 0 Å². The molecule has 1 amide bonds. The van der Waals surface area contributed by atoms with Gasteiger partial charge in [-0.2, -0.15) is 0 Å². The van der Waals surface area contributed by atoms with Crippen LogP contribution in [-0.4, -0.2) is 16.7 Å². The summed E-state index contributed by atoms with van der Waals surface area (Å²) < 4.78 is 0. The largest absolute Gasteiger partial charge is 0.354 e. The second-order valence-electron chi connectivity index (χ2n) is 6.48. The Kier molecular flexibility index (Phi) is 5.31. The van der Waals surface area contributed by atoms with Crippen molar-refractivity contribution in [3.63, 3.8) is 0 Å². The Morgan fingerprint density at radius 1 is 0.815 bits per heavy atom. The third kappa shape index (κ3) is 4.58. The van der Waals surface area contributed by atoms with Crippen molar-refractivity contribution in [2.45, 2.75) is 20.8 Å². The summed E-state index contributed by atoms with van der Waals surface area (Å²) in [4.78, 5) is 28.2. The van der Waals surface area contributed by atoms with Crippen LogP contribution in [0.4, 0.5) is 17.1 Å². The molecule has 1 heterocycles. The molecule has 5 nitrogen and oxygen atoms in total. The Hall–Kier alpha value is -3.47. The molecule has 0 saturated heterocycles. The van der Waals surface area contributed by atoms with E-state index in [1.807, 2.05) is 12.1 Å². The number of carbonyl (C=O) groups is 2. The van der Waals surface area contributed by atoms with Crippen molar-refractivity contribution in [2.75, 3.05) is 10.6 Å². The molecular formula is C22H21N3O2. The van der Waals surface area contributed by atoms with Gasteiger partial charge in [-0.3, -0.25) is 14.6 Å². The summed E-state index contributed by atoms with van der Waals surface area (Å²) in [5.41, 5.74) is 5.62. The highest BCUT2D eigenvalue weighted by Crippen LogP contribution is 2.20. The standard InChI is InChI=1S/C22H21N3O2/c1-14-7-8-20(9-15(14)2)24-21-11-18(12-23-13-21)22(27)25-19-6-4-5-17(10-19)16(3)26/h4-13,24H,1-3H3,(H,25,27). The van der Waals surface area contributed by atoms with E-state index in [-0.39, 0.29) is 11.7 Å². The molecule has 3 rings (SSSR count). The van der Waals surface area contributed by atoms with E-state index < -0.39 is 0 Å². The van der Waals surface area contributed by atoms with Gasteiger partial charge in [-0.25, -0.2) is 0 Å². The molecule has 0 fully saturated rings. The van der Waals surface area contributed by atoms with Crippen molar-refractivity contribution < 1.29 is 9.59 Å². The summed E-state index contributed by atoms with van der Waals surface area (Å²) in [6.45, 7) is 5.61. The number of hydrogen-bond acceptors (Lipinski definition) is 4. The summed E-state index contributed by atoms with van der Waals surface area (Å²) in [5.74, 6) is -0.334. The molecule has 0 atom stereocenters. The molecule has 0 aliphatic carbocycles. The van der Waals surface area contributed by atoms with Gasteiger partial charge in [0.2, 0.25) is 0 Å². The Morgan fingerprint density at radius 2 is 1.59 bits per heavy atom. The monoisotopic (exact) mass is 359 g/mol. The van der Waals surface area contributed by atoms with E-state index in [0.29, 0.717) is 16.8 Å². The molecule has 5 heteroatoms. The van der Waals surface area contributed by atoms with Crippen LogP contribution >= 0.6 is 0 Å². The fourth-order valence-corrected chi connectivity index (χ4v) is 2.64. The number of rotatable bonds is 5. The fourth-order valence-electron chi connectivity index (χ4n) is 2.64. The van der Waals surface area contributed by atoms with Gasteiger partial charge < -0.3 is 10.6 Å². The van der Waals surface area contributed by atoms with Crippen molar-refractivity contribution in [2.24, 2.45) is 0 Å². The molecule has 0 bridgehead atoms. The molecule has 27 heavy (non-hydrogen) atoms. The minimum atomic E-state index is -0.285. The minimum Gasteiger partial charge on any atom is -0.354 e. The maximum atomic E-state index is 12.5. The zero-order valence-corrected chi connectivity index (χ0v) is 15.5. The van der Waals surface area contributed by atoms with Crippen molar-refractivity contribution in [1.29, 1.82) is 0 Å². The maximum Gasteiger partial charge on any atom is 0.257 e. The van der Waals surface area contributed by atoms with Gasteiger partial charge in [-0.1, -0.05) is 18.2 Å². The third-order valence-corrected chi connectivity index (χ3v) is 4.32. The first-order valence-electron chi connectivity index (χ1n) is 8.64. The number of pyridine rings is 1. The zero-order valence-electron chi connectivity index (χ0n) is 15.5. The number of amides is 1. The summed E-state index contributed by atoms with van der Waals surface area (Å²) >= 11 is 0. The number of nitrogens with zero attached hydrogens (tertiary/aromatic N) is 1. The number of aromatic nitrogens is 1. The van der Waals surface area contributed by atoms with Gasteiger partial charge in [0.15, 0.2) is 5.78 Å². The minimum absolute atomic E-state index is 0.0487. The van der Waals surface area contributed by atoms with Crippen molar-refractivity contribution in [1.82, 2.24) is 4.98 Å². The van der Waals surface area contributed by atoms with Crippen molar-refractivity contribution >= 4 is 28.8 Å². The highest BCUT2D eigenvalue weighted by Gasteiger charge is 2.09. The van der Waals surface area contributed by atoms with Gasteiger partial charge in [0.1, 0.15) is 0 Å². The van der Waals surface area contributed by atoms with Crippen LogP contribution in [0.15, 0.2) is 60.9 Å². The highest BCUT2D eigenvalue weighted by atomic mass is 16.1. The molecule has 1 aromatic heterocycles. The summed E-state index contributed by atoms with van der Waals surface area (Å²) in [5, 5.41) is 6.07. The summed E-state index contributed by atoms with van der Waals surface area (Å²) in [6, 6.07) is 14.7. The average Bonchev–Trinajstić information content (AvgIpc) is 2.65. The lowest BCUT2D eigenvalue weighted by atomic mass is 10.1. The van der Waals surface area contributed by atoms with Crippen LogP contribution < -0.4 is 10.6 Å². The number of carbonyl (C=O) groups excluding carboxylic acids is 2. The van der Waals surface area contributed by atoms with Crippen molar-refractivity contribution in [3.8, 4) is 0 Å². The molecule has 0 unspecified atom stereocenters. The second kappa shape index (κ2) is 7.83. The number of hydrogen-bond donors (Lipinski definition) is 2. The normalized spacial score (nSPS) is 10.3. The first-order valence-corrected chi connectivity index (χ1v) is 8.64. The topological polar surface area (TPSA) is 71.1 Å². The molecule has 136 valence electrons. The van der Waals surface area contributed by atoms with Gasteiger partial charge in [0.05, 0.1) is 17.4 Å². The SMILES string of the molecule is CC(=O)c1cccc(NC(=O)c2cncc(Nc3ccc(C)c(C)c3)c2)c1. The van der Waals surface area contributed by atoms with Crippen LogP contribution in [0.2, 0.25) is 0 Å². The van der Waals surface area contributed by atoms with Gasteiger partial charge in [0, 0.05) is 23.1 Å². The van der Waals surface area contributed by atoms with Crippen LogP contribution in [0.1, 0.15) is 38.8 Å². The molecule has 2 N–H and O–H groups in total. The lowest BCUT2D eigenvalue weighted by molar-refractivity contribution is 0.101. The Balaban J connectivity index is 1.76. The summed E-state index contributed by atoms with van der Waals surface area (Å²) in [7, 11) is 0. The number of ketones is 1. The Morgan fingerprint density at radius 3 is 2.33 bits per heavy atom. The predicted molar refractivity (Wildman–Crippen MR) is 108 cm³/mol. The summed E-state index contributed by atoms with van der Waals surface area (Å²) in [6.07, 6.45) is 3.18. The lowest BCUT2D eigenvalue weighted by Gasteiger charge is -2.10. The number of Topliss-reactive ketones (excluding diaryl/α,β-unsaturated/α-hetero) is 1. The zero-order chi connectivity index (χ0) is 19.4. The van der Waals surface area contributed by atoms with Crippen LogP contribution in [0.3, 0.4) is 0 Å². The highest BCUT2D eigenvalue weighted by molar-refractivity contribution is 6.05. The van der Waals surface area contributed by atoms with Gasteiger partial charge in [0.25, 0.3) is 5.91 Å². The van der Waals surface area contributed by atoms with Crippen LogP contribution in [0.5, 0.6) is 0 Å². The van der Waals surface area contributed by atoms with Gasteiger partial charge in [-0.15, -0.1) is 0 Å². The number of aryl methyl sites for hydroxylation is 2. The molecular weight excluding hydrogens is 338 g/mol. The Bertz CT molecular complexity index is 1010. The first-order chi connectivity index (χ1) is 12.9. The van der Waals surface area contributed by atoms with Crippen molar-refractivity contribution in [3.05, 3.63) is 83.2 Å². The van der Waals surface area contributed by atoms with Crippen LogP contribution in [-0.2, 0) is 0 Å². The van der Waals surface area contributed by atoms with E-state index >= 15 is 0 Å². The average molecular weight is 359 g/mol. The van der Waals surface area contributed by atoms with Gasteiger partial charge >= 0.3 is 0 Å². The quantitative estimate of drug-likeness (QED) is 0.636. The third-order valence-electron chi connectivity index (χ3n) is 4.32. The second-order valence-corrected chi connectivity index (χ2v) is 6.48. The number of anilines is 3. The van der Waals surface area contributed by atoms with E-state index in [0.717, 1.165) is 11.4 Å². The molecule has 0 radical (unpaired) electrons. The maximum absolute atomic E-state index is 12.5. The molecule has 0 aliphatic rings. The molecule has 0 saturated carbocycles. The number of benzene rings is 2. The van der Waals surface area contributed by atoms with E-state index in [1.54, 1.807) is 36.5 Å². The van der Waals surface area contributed by atoms with E-state index in [4.69, 9.17) is 0 Å². The molecule has 3 aromatic rings. The number of nitrogens with one attached hydrogen (secondary N) is 2. The molecule has 2 aromatic carbocycles. The smallest absolute Gasteiger partial charge is 0.257 e. The Labute approximate surface area is 158 Å². The molecule has 0 aliphatic heterocycles.